The van der Waals surface area contributed by atoms with Gasteiger partial charge >= 0.3 is 6.01 Å². The van der Waals surface area contributed by atoms with Crippen LogP contribution in [0.15, 0.2) is 41.2 Å². The fraction of sp³-hybridized carbons (Fsp3) is 0.300. The van der Waals surface area contributed by atoms with Crippen molar-refractivity contribution in [1.82, 2.24) is 35.6 Å². The van der Waals surface area contributed by atoms with Crippen LogP contribution in [0.25, 0.3) is 11.5 Å². The second-order valence-corrected chi connectivity index (χ2v) is 8.26. The van der Waals surface area contributed by atoms with Gasteiger partial charge in [0.2, 0.25) is 5.95 Å². The summed E-state index contributed by atoms with van der Waals surface area (Å²) in [6, 6.07) is 5.96. The molecule has 4 heterocycles. The molecule has 0 atom stereocenters. The molecule has 5 rings (SSSR count). The lowest BCUT2D eigenvalue weighted by Gasteiger charge is -2.29. The molecule has 1 fully saturated rings. The Hall–Kier alpha value is -3.24. The van der Waals surface area contributed by atoms with Gasteiger partial charge in [-0.2, -0.15) is 15.4 Å². The average Bonchev–Trinajstić information content (AvgIpc) is 3.53. The first kappa shape index (κ1) is 20.7. The maximum atomic E-state index is 6.05. The van der Waals surface area contributed by atoms with Crippen LogP contribution in [-0.2, 0) is 6.54 Å². The molecule has 1 aliphatic heterocycles. The number of H-pyrrole nitrogens is 1. The van der Waals surface area contributed by atoms with E-state index >= 15 is 0 Å². The molecule has 0 unspecified atom stereocenters. The number of aromatic nitrogens is 7. The van der Waals surface area contributed by atoms with E-state index in [0.29, 0.717) is 45.9 Å². The van der Waals surface area contributed by atoms with Crippen molar-refractivity contribution in [2.75, 3.05) is 23.3 Å². The summed E-state index contributed by atoms with van der Waals surface area (Å²) in [5, 5.41) is 23.3. The highest BCUT2D eigenvalue weighted by molar-refractivity contribution is 6.42. The van der Waals surface area contributed by atoms with Crippen molar-refractivity contribution in [3.05, 3.63) is 58.1 Å². The van der Waals surface area contributed by atoms with Crippen molar-refractivity contribution < 1.29 is 4.42 Å². The number of benzene rings is 1. The van der Waals surface area contributed by atoms with Crippen LogP contribution in [0.3, 0.4) is 0 Å². The van der Waals surface area contributed by atoms with Crippen molar-refractivity contribution in [1.29, 1.82) is 0 Å². The quantitative estimate of drug-likeness (QED) is 0.430. The molecule has 1 aliphatic rings. The minimum atomic E-state index is 0.384. The van der Waals surface area contributed by atoms with Gasteiger partial charge in [-0.05, 0) is 30.5 Å². The third-order valence-electron chi connectivity index (χ3n) is 5.37. The summed E-state index contributed by atoms with van der Waals surface area (Å²) >= 11 is 12.0. The molecule has 0 bridgehead atoms. The Morgan fingerprint density at radius 3 is 2.59 bits per heavy atom. The minimum Gasteiger partial charge on any atom is -0.403 e. The Balaban J connectivity index is 1.18. The van der Waals surface area contributed by atoms with Crippen LogP contribution in [0, 0.1) is 0 Å². The molecule has 10 nitrogen and oxygen atoms in total. The molecule has 164 valence electrons. The van der Waals surface area contributed by atoms with Crippen LogP contribution in [0.5, 0.6) is 0 Å². The van der Waals surface area contributed by atoms with Gasteiger partial charge in [-0.1, -0.05) is 34.4 Å². The van der Waals surface area contributed by atoms with Gasteiger partial charge in [0, 0.05) is 37.9 Å². The van der Waals surface area contributed by atoms with E-state index in [1.165, 1.54) is 0 Å². The first-order chi connectivity index (χ1) is 15.7. The summed E-state index contributed by atoms with van der Waals surface area (Å²) in [7, 11) is 0. The molecular weight excluding hydrogens is 453 g/mol. The number of rotatable bonds is 6. The molecule has 4 aromatic rings. The van der Waals surface area contributed by atoms with E-state index in [1.54, 1.807) is 30.7 Å². The van der Waals surface area contributed by atoms with E-state index in [1.807, 2.05) is 6.07 Å². The summed E-state index contributed by atoms with van der Waals surface area (Å²) in [6.07, 6.45) is 6.99. The Bertz CT molecular complexity index is 1170. The molecule has 1 saturated heterocycles. The van der Waals surface area contributed by atoms with E-state index in [9.17, 15) is 0 Å². The first-order valence-electron chi connectivity index (χ1n) is 10.1. The number of nitrogens with one attached hydrogen (secondary N) is 2. The predicted molar refractivity (Wildman–Crippen MR) is 120 cm³/mol. The van der Waals surface area contributed by atoms with E-state index in [0.717, 1.165) is 37.2 Å². The lowest BCUT2D eigenvalue weighted by Crippen LogP contribution is -2.33. The fourth-order valence-corrected chi connectivity index (χ4v) is 3.91. The third kappa shape index (κ3) is 4.51. The molecule has 3 aromatic heterocycles. The van der Waals surface area contributed by atoms with Crippen molar-refractivity contribution in [2.24, 2.45) is 0 Å². The fourth-order valence-electron chi connectivity index (χ4n) is 3.59. The minimum absolute atomic E-state index is 0.384. The molecule has 2 N–H and O–H groups in total. The van der Waals surface area contributed by atoms with Gasteiger partial charge in [0.05, 0.1) is 27.5 Å². The summed E-state index contributed by atoms with van der Waals surface area (Å²) in [6.45, 7) is 2.14. The normalized spacial score (nSPS) is 14.6. The second kappa shape index (κ2) is 9.09. The van der Waals surface area contributed by atoms with Crippen LogP contribution in [0.1, 0.15) is 30.0 Å². The molecule has 0 aliphatic carbocycles. The van der Waals surface area contributed by atoms with Gasteiger partial charge in [0.1, 0.15) is 0 Å². The Kier molecular flexibility index (Phi) is 5.87. The Morgan fingerprint density at radius 2 is 1.88 bits per heavy atom. The van der Waals surface area contributed by atoms with Crippen molar-refractivity contribution in [3.8, 4) is 11.5 Å². The van der Waals surface area contributed by atoms with E-state index < -0.39 is 0 Å². The smallest absolute Gasteiger partial charge is 0.318 e. The molecule has 0 radical (unpaired) electrons. The second-order valence-electron chi connectivity index (χ2n) is 7.44. The SMILES string of the molecule is Clc1ccc(CNc2ncc(-c3nnc(N4CCC(c5cn[nH]n5)CC4)o3)cn2)cc1Cl. The number of aromatic amines is 1. The predicted octanol–water partition coefficient (Wildman–Crippen LogP) is 3.95. The molecule has 0 spiro atoms. The zero-order valence-electron chi connectivity index (χ0n) is 16.9. The van der Waals surface area contributed by atoms with Gasteiger partial charge in [0.25, 0.3) is 5.89 Å². The topological polar surface area (TPSA) is 122 Å². The molecule has 32 heavy (non-hydrogen) atoms. The lowest BCUT2D eigenvalue weighted by molar-refractivity contribution is 0.456. The van der Waals surface area contributed by atoms with Crippen LogP contribution < -0.4 is 10.2 Å². The van der Waals surface area contributed by atoms with Crippen LogP contribution in [-0.4, -0.2) is 48.7 Å². The Labute approximate surface area is 193 Å². The maximum absolute atomic E-state index is 6.05. The Morgan fingerprint density at radius 1 is 1.06 bits per heavy atom. The van der Waals surface area contributed by atoms with E-state index in [2.05, 4.69) is 45.8 Å². The van der Waals surface area contributed by atoms with Crippen molar-refractivity contribution in [2.45, 2.75) is 25.3 Å². The number of anilines is 2. The summed E-state index contributed by atoms with van der Waals surface area (Å²) < 4.78 is 5.87. The largest absolute Gasteiger partial charge is 0.403 e. The third-order valence-corrected chi connectivity index (χ3v) is 6.10. The summed E-state index contributed by atoms with van der Waals surface area (Å²) in [5.74, 6) is 1.26. The zero-order chi connectivity index (χ0) is 21.9. The zero-order valence-corrected chi connectivity index (χ0v) is 18.4. The monoisotopic (exact) mass is 471 g/mol. The van der Waals surface area contributed by atoms with Crippen molar-refractivity contribution in [3.63, 3.8) is 0 Å². The molecule has 0 saturated carbocycles. The van der Waals surface area contributed by atoms with Gasteiger partial charge in [0.15, 0.2) is 0 Å². The van der Waals surface area contributed by atoms with Crippen LogP contribution in [0.4, 0.5) is 12.0 Å². The van der Waals surface area contributed by atoms with Crippen LogP contribution >= 0.6 is 23.2 Å². The van der Waals surface area contributed by atoms with E-state index in [4.69, 9.17) is 27.6 Å². The average molecular weight is 472 g/mol. The molecule has 12 heteroatoms. The van der Waals surface area contributed by atoms with Gasteiger partial charge in [-0.25, -0.2) is 9.97 Å². The first-order valence-corrected chi connectivity index (χ1v) is 10.9. The lowest BCUT2D eigenvalue weighted by atomic mass is 9.94. The highest BCUT2D eigenvalue weighted by Gasteiger charge is 2.25. The highest BCUT2D eigenvalue weighted by atomic mass is 35.5. The van der Waals surface area contributed by atoms with Gasteiger partial charge in [-0.3, -0.25) is 0 Å². The number of hydrogen-bond acceptors (Lipinski definition) is 9. The number of piperidine rings is 1. The maximum Gasteiger partial charge on any atom is 0.318 e. The highest BCUT2D eigenvalue weighted by Crippen LogP contribution is 2.29. The summed E-state index contributed by atoms with van der Waals surface area (Å²) in [5.41, 5.74) is 2.63. The number of halogens is 2. The standard InChI is InChI=1S/C20H19Cl2N9O/c21-15-2-1-12(7-16(15)22)8-23-19-24-9-14(10-25-19)18-28-29-20(32-18)31-5-3-13(4-6-31)17-11-26-30-27-17/h1-2,7,9-11,13H,3-6,8H2,(H,23,24,25)(H,26,27,30). The molecule has 1 aromatic carbocycles. The summed E-state index contributed by atoms with van der Waals surface area (Å²) in [4.78, 5) is 10.7. The number of hydrogen-bond donors (Lipinski definition) is 2. The van der Waals surface area contributed by atoms with Gasteiger partial charge in [-0.15, -0.1) is 5.10 Å². The van der Waals surface area contributed by atoms with E-state index in [-0.39, 0.29) is 0 Å². The molecule has 0 amide bonds. The van der Waals surface area contributed by atoms with Gasteiger partial charge < -0.3 is 14.6 Å². The van der Waals surface area contributed by atoms with Crippen LogP contribution in [0.2, 0.25) is 10.0 Å². The number of nitrogens with zero attached hydrogens (tertiary/aromatic N) is 7. The molecular formula is C20H19Cl2N9O. The van der Waals surface area contributed by atoms with Crippen molar-refractivity contribution >= 4 is 35.2 Å².